The largest absolute Gasteiger partial charge is 0.432 e. The minimum atomic E-state index is -0.245. The first-order valence-electron chi connectivity index (χ1n) is 10.1. The number of piperidine rings is 1. The van der Waals surface area contributed by atoms with E-state index in [1.165, 1.54) is 6.92 Å². The fourth-order valence-corrected chi connectivity index (χ4v) is 4.82. The molecule has 5 rings (SSSR count). The fourth-order valence-electron chi connectivity index (χ4n) is 4.82. The van der Waals surface area contributed by atoms with Crippen LogP contribution in [0.3, 0.4) is 0 Å². The van der Waals surface area contributed by atoms with Crippen LogP contribution in [-0.2, 0) is 4.79 Å². The van der Waals surface area contributed by atoms with Gasteiger partial charge in [-0.3, -0.25) is 14.4 Å². The summed E-state index contributed by atoms with van der Waals surface area (Å²) in [4.78, 5) is 43.4. The van der Waals surface area contributed by atoms with E-state index in [1.54, 1.807) is 27.7 Å². The van der Waals surface area contributed by atoms with Gasteiger partial charge in [-0.15, -0.1) is 0 Å². The number of carbonyl (C=O) groups excluding carboxylic acids is 2. The number of oxazole rings is 1. The number of benzene rings is 1. The molecular formula is C22H22N4O4. The van der Waals surface area contributed by atoms with Crippen molar-refractivity contribution in [2.45, 2.75) is 25.3 Å². The van der Waals surface area contributed by atoms with E-state index in [0.717, 1.165) is 12.1 Å². The molecule has 2 aromatic heterocycles. The van der Waals surface area contributed by atoms with E-state index in [1.807, 2.05) is 24.3 Å². The van der Waals surface area contributed by atoms with Crippen molar-refractivity contribution in [1.82, 2.24) is 19.8 Å². The molecule has 3 aromatic rings. The number of likely N-dealkylation sites (tertiary alicyclic amines) is 1. The molecule has 0 unspecified atom stereocenters. The van der Waals surface area contributed by atoms with Crippen molar-refractivity contribution in [1.29, 1.82) is 0 Å². The average Bonchev–Trinajstić information content (AvgIpc) is 3.17. The average molecular weight is 406 g/mol. The summed E-state index contributed by atoms with van der Waals surface area (Å²) in [5.74, 6) is -0.195. The highest BCUT2D eigenvalue weighted by Gasteiger charge is 2.42. The first-order chi connectivity index (χ1) is 14.5. The number of rotatable bonds is 3. The molecule has 30 heavy (non-hydrogen) atoms. The van der Waals surface area contributed by atoms with Crippen molar-refractivity contribution < 1.29 is 14.0 Å². The van der Waals surface area contributed by atoms with Gasteiger partial charge in [0, 0.05) is 44.2 Å². The number of carbonyl (C=O) groups is 2. The highest BCUT2D eigenvalue weighted by Crippen LogP contribution is 2.41. The molecule has 0 saturated carbocycles. The molecule has 8 heteroatoms. The lowest BCUT2D eigenvalue weighted by molar-refractivity contribution is -0.119. The summed E-state index contributed by atoms with van der Waals surface area (Å²) in [6.45, 7) is 2.81. The summed E-state index contributed by atoms with van der Waals surface area (Å²) in [7, 11) is 0. The number of para-hydroxylation sites is 2. The second-order valence-electron chi connectivity index (χ2n) is 8.05. The van der Waals surface area contributed by atoms with Crippen LogP contribution in [0.5, 0.6) is 0 Å². The first kappa shape index (κ1) is 18.6. The Kier molecular flexibility index (Phi) is 4.42. The molecule has 1 N–H and O–H groups in total. The summed E-state index contributed by atoms with van der Waals surface area (Å²) < 4.78 is 7.49. The summed E-state index contributed by atoms with van der Waals surface area (Å²) in [6, 6.07) is 12.3. The van der Waals surface area contributed by atoms with Gasteiger partial charge in [0.1, 0.15) is 5.52 Å². The van der Waals surface area contributed by atoms with Gasteiger partial charge in [-0.1, -0.05) is 18.2 Å². The molecule has 3 atom stereocenters. The second-order valence-corrected chi connectivity index (χ2v) is 8.05. The Balaban J connectivity index is 1.48. The van der Waals surface area contributed by atoms with Gasteiger partial charge >= 0.3 is 5.91 Å². The van der Waals surface area contributed by atoms with Gasteiger partial charge in [0.05, 0.1) is 6.04 Å². The Morgan fingerprint density at radius 2 is 2.00 bits per heavy atom. The molecular weight excluding hydrogens is 384 g/mol. The SMILES string of the molecule is CC(=O)NC[C@H]1[C@H]2C[C@H](CN(C(=O)c3nc4ccccc4o3)C2)c2cccc(=O)n21. The van der Waals surface area contributed by atoms with Gasteiger partial charge in [0.25, 0.3) is 11.4 Å². The lowest BCUT2D eigenvalue weighted by Gasteiger charge is -2.46. The van der Waals surface area contributed by atoms with Crippen molar-refractivity contribution >= 4 is 22.9 Å². The maximum absolute atomic E-state index is 13.2. The minimum absolute atomic E-state index is 0.0523. The molecule has 2 aliphatic heterocycles. The van der Waals surface area contributed by atoms with Crippen molar-refractivity contribution in [3.05, 3.63) is 64.4 Å². The van der Waals surface area contributed by atoms with E-state index >= 15 is 0 Å². The van der Waals surface area contributed by atoms with E-state index in [4.69, 9.17) is 4.42 Å². The Labute approximate surface area is 172 Å². The molecule has 1 aromatic carbocycles. The smallest absolute Gasteiger partial charge is 0.309 e. The molecule has 2 bridgehead atoms. The number of fused-ring (bicyclic) bond motifs is 5. The Hall–Kier alpha value is -3.42. The maximum atomic E-state index is 13.2. The van der Waals surface area contributed by atoms with Crippen LogP contribution in [0.4, 0.5) is 0 Å². The number of pyridine rings is 1. The third-order valence-corrected chi connectivity index (χ3v) is 6.12. The van der Waals surface area contributed by atoms with E-state index in [-0.39, 0.29) is 41.1 Å². The lowest BCUT2D eigenvalue weighted by Crippen LogP contribution is -2.53. The topological polar surface area (TPSA) is 97.4 Å². The van der Waals surface area contributed by atoms with E-state index < -0.39 is 0 Å². The van der Waals surface area contributed by atoms with Crippen molar-refractivity contribution in [3.8, 4) is 0 Å². The zero-order valence-corrected chi connectivity index (χ0v) is 16.6. The van der Waals surface area contributed by atoms with Crippen LogP contribution in [0, 0.1) is 5.92 Å². The normalized spacial score (nSPS) is 22.6. The summed E-state index contributed by atoms with van der Waals surface area (Å²) in [5, 5.41) is 2.85. The predicted octanol–water partition coefficient (Wildman–Crippen LogP) is 1.93. The van der Waals surface area contributed by atoms with Crippen LogP contribution >= 0.6 is 0 Å². The van der Waals surface area contributed by atoms with Crippen LogP contribution in [0.1, 0.15) is 41.7 Å². The maximum Gasteiger partial charge on any atom is 0.309 e. The van der Waals surface area contributed by atoms with Crippen molar-refractivity contribution in [2.75, 3.05) is 19.6 Å². The molecule has 0 spiro atoms. The Bertz CT molecular complexity index is 1160. The molecule has 1 fully saturated rings. The number of hydrogen-bond donors (Lipinski definition) is 1. The third kappa shape index (κ3) is 3.08. The number of amides is 2. The molecule has 2 amide bonds. The second kappa shape index (κ2) is 7.12. The zero-order chi connectivity index (χ0) is 20.8. The van der Waals surface area contributed by atoms with Gasteiger partial charge < -0.3 is 19.2 Å². The Morgan fingerprint density at radius 1 is 1.17 bits per heavy atom. The third-order valence-electron chi connectivity index (χ3n) is 6.12. The highest BCUT2D eigenvalue weighted by atomic mass is 16.4. The molecule has 0 radical (unpaired) electrons. The van der Waals surface area contributed by atoms with Gasteiger partial charge in [0.2, 0.25) is 5.91 Å². The summed E-state index contributed by atoms with van der Waals surface area (Å²) in [6.07, 6.45) is 0.866. The minimum Gasteiger partial charge on any atom is -0.432 e. The first-order valence-corrected chi connectivity index (χ1v) is 10.1. The molecule has 8 nitrogen and oxygen atoms in total. The van der Waals surface area contributed by atoms with Gasteiger partial charge in [0.15, 0.2) is 5.58 Å². The number of nitrogens with one attached hydrogen (secondary N) is 1. The number of hydrogen-bond acceptors (Lipinski definition) is 5. The molecule has 1 saturated heterocycles. The van der Waals surface area contributed by atoms with Crippen LogP contribution < -0.4 is 10.9 Å². The van der Waals surface area contributed by atoms with Gasteiger partial charge in [-0.25, -0.2) is 4.98 Å². The van der Waals surface area contributed by atoms with Gasteiger partial charge in [-0.05, 0) is 30.5 Å². The van der Waals surface area contributed by atoms with Crippen LogP contribution in [0.15, 0.2) is 51.7 Å². The van der Waals surface area contributed by atoms with Crippen LogP contribution in [0.2, 0.25) is 0 Å². The van der Waals surface area contributed by atoms with Crippen LogP contribution in [-0.4, -0.2) is 45.9 Å². The standard InChI is InChI=1S/C22H22N4O4/c1-13(27)23-10-18-15-9-14(17-6-4-8-20(28)26(17)18)11-25(12-15)22(29)21-24-16-5-2-3-7-19(16)30-21/h2-8,14-15,18H,9-12H2,1H3,(H,23,27)/t14-,15+,18+/m1/s1. The quantitative estimate of drug-likeness (QED) is 0.717. The van der Waals surface area contributed by atoms with Crippen molar-refractivity contribution in [3.63, 3.8) is 0 Å². The highest BCUT2D eigenvalue weighted by molar-refractivity contribution is 5.92. The summed E-state index contributed by atoms with van der Waals surface area (Å²) in [5.41, 5.74) is 2.07. The lowest BCUT2D eigenvalue weighted by atomic mass is 9.78. The van der Waals surface area contributed by atoms with E-state index in [0.29, 0.717) is 30.7 Å². The molecule has 0 aliphatic carbocycles. The molecule has 4 heterocycles. The number of nitrogens with zero attached hydrogens (tertiary/aromatic N) is 3. The molecule has 2 aliphatic rings. The zero-order valence-electron chi connectivity index (χ0n) is 16.6. The fraction of sp³-hybridized carbons (Fsp3) is 0.364. The van der Waals surface area contributed by atoms with E-state index in [2.05, 4.69) is 10.3 Å². The summed E-state index contributed by atoms with van der Waals surface area (Å²) >= 11 is 0. The monoisotopic (exact) mass is 406 g/mol. The predicted molar refractivity (Wildman–Crippen MR) is 109 cm³/mol. The van der Waals surface area contributed by atoms with Crippen molar-refractivity contribution in [2.24, 2.45) is 5.92 Å². The Morgan fingerprint density at radius 3 is 2.80 bits per heavy atom. The molecule has 154 valence electrons. The van der Waals surface area contributed by atoms with Gasteiger partial charge in [-0.2, -0.15) is 0 Å². The van der Waals surface area contributed by atoms with Crippen LogP contribution in [0.25, 0.3) is 11.1 Å². The number of aromatic nitrogens is 2. The van der Waals surface area contributed by atoms with E-state index in [9.17, 15) is 14.4 Å².